The Morgan fingerprint density at radius 1 is 1.56 bits per heavy atom. The minimum absolute atomic E-state index is 0.166. The molecule has 3 N–H and O–H groups in total. The highest BCUT2D eigenvalue weighted by molar-refractivity contribution is 7.09. The second-order valence-corrected chi connectivity index (χ2v) is 5.01. The number of rotatable bonds is 3. The van der Waals surface area contributed by atoms with Crippen LogP contribution in [0.5, 0.6) is 0 Å². The summed E-state index contributed by atoms with van der Waals surface area (Å²) >= 11 is 1.16. The van der Waals surface area contributed by atoms with Crippen molar-refractivity contribution in [1.82, 2.24) is 13.9 Å². The zero-order chi connectivity index (χ0) is 13.3. The van der Waals surface area contributed by atoms with Gasteiger partial charge in [-0.15, -0.1) is 0 Å². The monoisotopic (exact) mass is 265 g/mol. The minimum Gasteiger partial charge on any atom is -0.397 e. The number of hydrogen-bond donors (Lipinski definition) is 2. The van der Waals surface area contributed by atoms with Crippen molar-refractivity contribution in [3.05, 3.63) is 23.8 Å². The Bertz CT molecular complexity index is 572. The van der Waals surface area contributed by atoms with Gasteiger partial charge in [-0.25, -0.2) is 4.98 Å². The van der Waals surface area contributed by atoms with E-state index >= 15 is 0 Å². The van der Waals surface area contributed by atoms with E-state index in [1.54, 1.807) is 19.2 Å². The van der Waals surface area contributed by atoms with Gasteiger partial charge in [-0.1, -0.05) is 0 Å². The second kappa shape index (κ2) is 4.77. The number of nitrogens with zero attached hydrogens (tertiary/aromatic N) is 3. The van der Waals surface area contributed by atoms with Gasteiger partial charge in [0.05, 0.1) is 5.69 Å². The number of nitrogens with one attached hydrogen (secondary N) is 1. The molecule has 0 radical (unpaired) electrons. The Morgan fingerprint density at radius 3 is 2.83 bits per heavy atom. The Morgan fingerprint density at radius 2 is 2.28 bits per heavy atom. The highest BCUT2D eigenvalue weighted by Crippen LogP contribution is 2.18. The third kappa shape index (κ3) is 2.51. The van der Waals surface area contributed by atoms with Crippen molar-refractivity contribution in [1.29, 1.82) is 0 Å². The molecule has 0 fully saturated rings. The van der Waals surface area contributed by atoms with Crippen LogP contribution in [-0.4, -0.2) is 19.8 Å². The number of amides is 1. The Labute approximate surface area is 109 Å². The predicted molar refractivity (Wildman–Crippen MR) is 71.8 cm³/mol. The summed E-state index contributed by atoms with van der Waals surface area (Å²) in [5, 5.41) is 3.21. The lowest BCUT2D eigenvalue weighted by molar-refractivity contribution is 0.101. The van der Waals surface area contributed by atoms with E-state index in [1.165, 1.54) is 0 Å². The normalized spacial score (nSPS) is 10.9. The maximum Gasteiger partial charge on any atom is 0.274 e. The Hall–Kier alpha value is -1.89. The molecule has 2 aromatic heterocycles. The summed E-state index contributed by atoms with van der Waals surface area (Å²) in [6, 6.07) is 1.82. The Kier molecular flexibility index (Phi) is 3.33. The van der Waals surface area contributed by atoms with E-state index in [4.69, 9.17) is 5.73 Å². The van der Waals surface area contributed by atoms with Crippen LogP contribution in [0.15, 0.2) is 12.3 Å². The van der Waals surface area contributed by atoms with E-state index in [9.17, 15) is 4.79 Å². The maximum absolute atomic E-state index is 12.1. The van der Waals surface area contributed by atoms with Crippen molar-refractivity contribution in [2.45, 2.75) is 26.8 Å². The van der Waals surface area contributed by atoms with Crippen LogP contribution in [0.3, 0.4) is 0 Å². The molecule has 0 aliphatic heterocycles. The van der Waals surface area contributed by atoms with Crippen molar-refractivity contribution in [3.8, 4) is 0 Å². The van der Waals surface area contributed by atoms with Crippen molar-refractivity contribution in [3.63, 3.8) is 0 Å². The van der Waals surface area contributed by atoms with Crippen LogP contribution in [0.4, 0.5) is 10.8 Å². The minimum atomic E-state index is -0.225. The summed E-state index contributed by atoms with van der Waals surface area (Å²) in [4.78, 5) is 16.2. The van der Waals surface area contributed by atoms with Gasteiger partial charge in [-0.2, -0.15) is 4.37 Å². The van der Waals surface area contributed by atoms with E-state index in [0.29, 0.717) is 22.3 Å². The average Bonchev–Trinajstić information content (AvgIpc) is 2.85. The molecule has 0 saturated carbocycles. The lowest BCUT2D eigenvalue weighted by Gasteiger charge is -2.11. The van der Waals surface area contributed by atoms with Crippen LogP contribution in [0.25, 0.3) is 0 Å². The second-order valence-electron chi connectivity index (χ2n) is 4.26. The molecular formula is C11H15N5OS. The van der Waals surface area contributed by atoms with Crippen molar-refractivity contribution < 1.29 is 4.79 Å². The molecule has 2 rings (SSSR count). The molecule has 0 bridgehead atoms. The maximum atomic E-state index is 12.1. The third-order valence-corrected chi connectivity index (χ3v) is 3.13. The highest BCUT2D eigenvalue weighted by atomic mass is 32.1. The van der Waals surface area contributed by atoms with E-state index < -0.39 is 0 Å². The number of nitrogens with two attached hydrogens (primary N) is 1. The van der Waals surface area contributed by atoms with Crippen molar-refractivity contribution in [2.75, 3.05) is 11.1 Å². The number of carbonyl (C=O) groups is 1. The first-order valence-electron chi connectivity index (χ1n) is 5.56. The summed E-state index contributed by atoms with van der Waals surface area (Å²) in [7, 11) is 0. The fourth-order valence-corrected chi connectivity index (χ4v) is 2.19. The Balaban J connectivity index is 2.23. The fraction of sp³-hybridized carbons (Fsp3) is 0.364. The highest BCUT2D eigenvalue weighted by Gasteiger charge is 2.16. The topological polar surface area (TPSA) is 85.8 Å². The lowest BCUT2D eigenvalue weighted by atomic mass is 10.3. The molecular weight excluding hydrogens is 250 g/mol. The summed E-state index contributed by atoms with van der Waals surface area (Å²) in [5.41, 5.74) is 6.82. The molecule has 2 aromatic rings. The third-order valence-electron chi connectivity index (χ3n) is 2.41. The van der Waals surface area contributed by atoms with Crippen LogP contribution in [0.2, 0.25) is 0 Å². The summed E-state index contributed by atoms with van der Waals surface area (Å²) < 4.78 is 5.84. The SMILES string of the molecule is Cc1nsc(NC(=O)c2cc(N)cn2C(C)C)n1. The van der Waals surface area contributed by atoms with E-state index in [0.717, 1.165) is 11.5 Å². The number of aryl methyl sites for hydroxylation is 1. The molecule has 18 heavy (non-hydrogen) atoms. The van der Waals surface area contributed by atoms with Gasteiger partial charge in [0.1, 0.15) is 11.5 Å². The van der Waals surface area contributed by atoms with E-state index in [2.05, 4.69) is 14.7 Å². The quantitative estimate of drug-likeness (QED) is 0.889. The molecule has 0 aliphatic carbocycles. The van der Waals surface area contributed by atoms with Gasteiger partial charge in [0, 0.05) is 23.8 Å². The lowest BCUT2D eigenvalue weighted by Crippen LogP contribution is -2.17. The zero-order valence-corrected chi connectivity index (χ0v) is 11.3. The summed E-state index contributed by atoms with van der Waals surface area (Å²) in [6.07, 6.45) is 1.75. The number of hydrogen-bond acceptors (Lipinski definition) is 5. The molecule has 0 spiro atoms. The largest absolute Gasteiger partial charge is 0.397 e. The first kappa shape index (κ1) is 12.6. The first-order valence-corrected chi connectivity index (χ1v) is 6.33. The van der Waals surface area contributed by atoms with Gasteiger partial charge in [0.15, 0.2) is 0 Å². The predicted octanol–water partition coefficient (Wildman–Crippen LogP) is 2.06. The standard InChI is InChI=1S/C11H15N5OS/c1-6(2)16-5-8(12)4-9(16)10(17)14-11-13-7(3)15-18-11/h4-6H,12H2,1-3H3,(H,13,14,15,17). The van der Waals surface area contributed by atoms with Crippen LogP contribution in [0, 0.1) is 6.92 Å². The average molecular weight is 265 g/mol. The van der Waals surface area contributed by atoms with Crippen molar-refractivity contribution in [2.24, 2.45) is 0 Å². The molecule has 96 valence electrons. The van der Waals surface area contributed by atoms with Crippen LogP contribution >= 0.6 is 11.5 Å². The smallest absolute Gasteiger partial charge is 0.274 e. The molecule has 2 heterocycles. The number of aromatic nitrogens is 3. The van der Waals surface area contributed by atoms with Gasteiger partial charge in [0.25, 0.3) is 5.91 Å². The van der Waals surface area contributed by atoms with E-state index in [1.807, 2.05) is 18.4 Å². The van der Waals surface area contributed by atoms with Crippen molar-refractivity contribution >= 4 is 28.3 Å². The van der Waals surface area contributed by atoms with E-state index in [-0.39, 0.29) is 11.9 Å². The molecule has 6 nitrogen and oxygen atoms in total. The number of anilines is 2. The summed E-state index contributed by atoms with van der Waals surface area (Å²) in [5.74, 6) is 0.422. The molecule has 1 amide bonds. The first-order chi connectivity index (χ1) is 8.47. The molecule has 0 saturated heterocycles. The van der Waals surface area contributed by atoms with Gasteiger partial charge < -0.3 is 10.3 Å². The molecule has 0 aliphatic rings. The molecule has 0 unspecified atom stereocenters. The van der Waals surface area contributed by atoms with Crippen LogP contribution in [0.1, 0.15) is 36.2 Å². The zero-order valence-electron chi connectivity index (χ0n) is 10.5. The van der Waals surface area contributed by atoms with Gasteiger partial charge in [-0.05, 0) is 26.8 Å². The molecule has 0 atom stereocenters. The van der Waals surface area contributed by atoms with Gasteiger partial charge >= 0.3 is 0 Å². The number of carbonyl (C=O) groups excluding carboxylic acids is 1. The molecule has 0 aromatic carbocycles. The fourth-order valence-electron chi connectivity index (χ4n) is 1.62. The molecule has 7 heteroatoms. The van der Waals surface area contributed by atoms with Crippen LogP contribution < -0.4 is 11.1 Å². The summed E-state index contributed by atoms with van der Waals surface area (Å²) in [6.45, 7) is 5.76. The van der Waals surface area contributed by atoms with Crippen LogP contribution in [-0.2, 0) is 0 Å². The van der Waals surface area contributed by atoms with Gasteiger partial charge in [-0.3, -0.25) is 10.1 Å². The van der Waals surface area contributed by atoms with Gasteiger partial charge in [0.2, 0.25) is 5.13 Å². The number of nitrogen functional groups attached to an aromatic ring is 1.